The van der Waals surface area contributed by atoms with Crippen LogP contribution in [0.4, 0.5) is 0 Å². The van der Waals surface area contributed by atoms with E-state index in [1.807, 2.05) is 0 Å². The van der Waals surface area contributed by atoms with E-state index >= 15 is 0 Å². The molecule has 292 valence electrons. The van der Waals surface area contributed by atoms with E-state index in [-0.39, 0.29) is 32.6 Å². The topological polar surface area (TPSA) is 139 Å². The number of unbranched alkanes of at least 4 members (excludes halogenated alkanes) is 18. The Labute approximate surface area is 305 Å². The Morgan fingerprint density at radius 2 is 1.04 bits per heavy atom. The number of hydrogen-bond acceptors (Lipinski definition) is 8. The van der Waals surface area contributed by atoms with Crippen LogP contribution in [-0.2, 0) is 32.7 Å². The molecule has 50 heavy (non-hydrogen) atoms. The van der Waals surface area contributed by atoms with E-state index in [1.54, 1.807) is 0 Å². The third-order valence-electron chi connectivity index (χ3n) is 8.26. The summed E-state index contributed by atoms with van der Waals surface area (Å²) in [5, 5.41) is 0. The molecule has 0 aliphatic rings. The van der Waals surface area contributed by atoms with Crippen molar-refractivity contribution in [2.45, 2.75) is 180 Å². The largest absolute Gasteiger partial charge is 0.756 e. The maximum Gasteiger partial charge on any atom is 0.306 e. The predicted molar refractivity (Wildman–Crippen MR) is 202 cm³/mol. The fourth-order valence-corrected chi connectivity index (χ4v) is 6.03. The number of carbonyl (C=O) groups excluding carboxylic acids is 2. The Kier molecular flexibility index (Phi) is 35.7. The summed E-state index contributed by atoms with van der Waals surface area (Å²) in [6.07, 6.45) is 38.7. The van der Waals surface area contributed by atoms with Crippen molar-refractivity contribution in [1.29, 1.82) is 0 Å². The van der Waals surface area contributed by atoms with Crippen molar-refractivity contribution in [1.82, 2.24) is 0 Å². The molecule has 0 aliphatic heterocycles. The molecule has 0 heterocycles. The van der Waals surface area contributed by atoms with Crippen molar-refractivity contribution in [3.63, 3.8) is 0 Å². The number of carbonyl (C=O) groups is 2. The van der Waals surface area contributed by atoms with Gasteiger partial charge in [-0.1, -0.05) is 127 Å². The van der Waals surface area contributed by atoms with Crippen LogP contribution in [0.2, 0.25) is 0 Å². The lowest BCUT2D eigenvalue weighted by atomic mass is 10.1. The number of rotatable bonds is 37. The van der Waals surface area contributed by atoms with Crippen molar-refractivity contribution >= 4 is 19.8 Å². The maximum absolute atomic E-state index is 12.5. The summed E-state index contributed by atoms with van der Waals surface area (Å²) in [6, 6.07) is 0. The van der Waals surface area contributed by atoms with Crippen molar-refractivity contribution in [2.24, 2.45) is 0 Å². The Hall–Kier alpha value is -1.77. The van der Waals surface area contributed by atoms with E-state index in [1.165, 1.54) is 70.6 Å². The van der Waals surface area contributed by atoms with E-state index in [0.717, 1.165) is 70.6 Å². The van der Waals surface area contributed by atoms with Crippen molar-refractivity contribution in [2.75, 3.05) is 26.4 Å². The average molecular weight is 728 g/mol. The molecule has 2 atom stereocenters. The minimum atomic E-state index is -4.59. The highest BCUT2D eigenvalue weighted by atomic mass is 31.2. The van der Waals surface area contributed by atoms with Crippen LogP contribution in [0, 0.1) is 0 Å². The van der Waals surface area contributed by atoms with Crippen LogP contribution in [0.15, 0.2) is 36.5 Å². The highest BCUT2D eigenvalue weighted by molar-refractivity contribution is 7.45. The molecule has 0 aromatic carbocycles. The van der Waals surface area contributed by atoms with Crippen LogP contribution in [0.3, 0.4) is 0 Å². The summed E-state index contributed by atoms with van der Waals surface area (Å²) in [7, 11) is -4.59. The molecule has 0 aromatic heterocycles. The highest BCUT2D eigenvalue weighted by Crippen LogP contribution is 2.38. The molecule has 0 saturated carbocycles. The van der Waals surface area contributed by atoms with E-state index < -0.39 is 32.5 Å². The van der Waals surface area contributed by atoms with Crippen LogP contribution >= 0.6 is 7.82 Å². The lowest BCUT2D eigenvalue weighted by Crippen LogP contribution is -2.52. The zero-order chi connectivity index (χ0) is 36.8. The minimum absolute atomic E-state index is 0.108. The first kappa shape index (κ1) is 48.2. The number of phosphoric acid groups is 1. The second-order valence-corrected chi connectivity index (χ2v) is 14.6. The van der Waals surface area contributed by atoms with Gasteiger partial charge >= 0.3 is 11.9 Å². The van der Waals surface area contributed by atoms with Crippen LogP contribution in [0.1, 0.15) is 174 Å². The van der Waals surface area contributed by atoms with Gasteiger partial charge in [-0.2, -0.15) is 0 Å². The molecule has 0 aromatic rings. The van der Waals surface area contributed by atoms with Gasteiger partial charge in [0.2, 0.25) is 0 Å². The second-order valence-electron chi connectivity index (χ2n) is 13.2. The smallest absolute Gasteiger partial charge is 0.306 e. The summed E-state index contributed by atoms with van der Waals surface area (Å²) in [6.45, 7) is 3.86. The Balaban J connectivity index is 4.24. The van der Waals surface area contributed by atoms with Crippen LogP contribution in [0.25, 0.3) is 0 Å². The molecule has 0 spiro atoms. The fraction of sp³-hybridized carbons (Fsp3) is 0.800. The summed E-state index contributed by atoms with van der Waals surface area (Å²) < 4.78 is 32.4. The van der Waals surface area contributed by atoms with Gasteiger partial charge < -0.3 is 29.1 Å². The number of ether oxygens (including phenoxy) is 2. The molecule has 0 radical (unpaired) electrons. The van der Waals surface area contributed by atoms with E-state index in [4.69, 9.17) is 18.5 Å². The van der Waals surface area contributed by atoms with Gasteiger partial charge in [-0.3, -0.25) is 14.2 Å². The summed E-state index contributed by atoms with van der Waals surface area (Å²) in [5.74, 6) is -0.871. The predicted octanol–water partition coefficient (Wildman–Crippen LogP) is 9.65. The van der Waals surface area contributed by atoms with Gasteiger partial charge in [0.15, 0.2) is 6.10 Å². The number of quaternary nitrogens is 1. The zero-order valence-electron chi connectivity index (χ0n) is 32.0. The molecule has 0 aliphatic carbocycles. The molecule has 3 N–H and O–H groups in total. The van der Waals surface area contributed by atoms with Crippen molar-refractivity contribution in [3.05, 3.63) is 36.5 Å². The van der Waals surface area contributed by atoms with Crippen LogP contribution < -0.4 is 10.6 Å². The van der Waals surface area contributed by atoms with Gasteiger partial charge in [0.1, 0.15) is 13.2 Å². The number of phosphoric ester groups is 1. The molecule has 0 fully saturated rings. The molecule has 0 rings (SSSR count). The fourth-order valence-electron chi connectivity index (χ4n) is 5.25. The summed E-state index contributed by atoms with van der Waals surface area (Å²) in [4.78, 5) is 36.9. The number of allylic oxidation sites excluding steroid dienone is 6. The average Bonchev–Trinajstić information content (AvgIpc) is 3.10. The minimum Gasteiger partial charge on any atom is -0.756 e. The Bertz CT molecular complexity index is 923. The molecule has 10 heteroatoms. The Morgan fingerprint density at radius 1 is 0.600 bits per heavy atom. The van der Waals surface area contributed by atoms with Gasteiger partial charge in [0.25, 0.3) is 7.82 Å². The molecule has 1 unspecified atom stereocenters. The third kappa shape index (κ3) is 36.0. The SMILES string of the molecule is CCCCC/C=C\C/C=C\CCCCCCCC(=O)O[C@H](COC(=O)CCCCCCCC/C=C\CCCCCC)COP(=O)([O-])OCC[NH3+]. The lowest BCUT2D eigenvalue weighted by Gasteiger charge is -2.25. The normalized spacial score (nSPS) is 13.8. The van der Waals surface area contributed by atoms with Gasteiger partial charge in [0, 0.05) is 12.8 Å². The quantitative estimate of drug-likeness (QED) is 0.0289. The van der Waals surface area contributed by atoms with Crippen LogP contribution in [-0.4, -0.2) is 44.4 Å². The first-order chi connectivity index (χ1) is 24.3. The van der Waals surface area contributed by atoms with Crippen LogP contribution in [0.5, 0.6) is 0 Å². The Morgan fingerprint density at radius 3 is 1.58 bits per heavy atom. The third-order valence-corrected chi connectivity index (χ3v) is 9.23. The molecular formula is C40H74NO8P. The van der Waals surface area contributed by atoms with E-state index in [0.29, 0.717) is 6.42 Å². The molecule has 0 saturated heterocycles. The molecular weight excluding hydrogens is 653 g/mol. The summed E-state index contributed by atoms with van der Waals surface area (Å²) >= 11 is 0. The van der Waals surface area contributed by atoms with Crippen molar-refractivity contribution in [3.8, 4) is 0 Å². The maximum atomic E-state index is 12.5. The molecule has 9 nitrogen and oxygen atoms in total. The zero-order valence-corrected chi connectivity index (χ0v) is 32.9. The van der Waals surface area contributed by atoms with Gasteiger partial charge in [-0.15, -0.1) is 0 Å². The lowest BCUT2D eigenvalue weighted by molar-refractivity contribution is -0.373. The first-order valence-electron chi connectivity index (χ1n) is 20.0. The number of hydrogen-bond donors (Lipinski definition) is 1. The standard InChI is InChI=1S/C40H74NO8P/c1-3-5-7-9-11-13-15-17-19-21-23-25-27-29-31-33-40(43)49-38(37-48-50(44,45)47-35-34-41)36-46-39(42)32-30-28-26-24-22-20-18-16-14-12-10-8-6-4-2/h11,13-14,16-17,19,38H,3-10,12,15,18,20-37,41H2,1-2H3,(H,44,45)/b13-11-,16-14-,19-17-/t38-/m1/s1. The van der Waals surface area contributed by atoms with Gasteiger partial charge in [-0.05, 0) is 70.6 Å². The highest BCUT2D eigenvalue weighted by Gasteiger charge is 2.21. The molecule has 0 amide bonds. The van der Waals surface area contributed by atoms with Crippen molar-refractivity contribution < 1.29 is 43.3 Å². The monoisotopic (exact) mass is 728 g/mol. The number of esters is 2. The summed E-state index contributed by atoms with van der Waals surface area (Å²) in [5.41, 5.74) is 3.54. The van der Waals surface area contributed by atoms with Gasteiger partial charge in [0.05, 0.1) is 13.2 Å². The van der Waals surface area contributed by atoms with Gasteiger partial charge in [-0.25, -0.2) is 0 Å². The molecule has 0 bridgehead atoms. The van der Waals surface area contributed by atoms with E-state index in [2.05, 4.69) is 56.0 Å². The second kappa shape index (κ2) is 37.0. The van der Waals surface area contributed by atoms with E-state index in [9.17, 15) is 19.0 Å². The first-order valence-corrected chi connectivity index (χ1v) is 21.5.